The number of benzene rings is 1. The number of carbonyl (C=O) groups is 1. The van der Waals surface area contributed by atoms with E-state index in [9.17, 15) is 13.2 Å². The van der Waals surface area contributed by atoms with Gasteiger partial charge in [-0.3, -0.25) is 4.79 Å². The Hall–Kier alpha value is -1.45. The number of hydrogen-bond acceptors (Lipinski definition) is 6. The number of ether oxygens (including phenoxy) is 2. The second-order valence-corrected chi connectivity index (χ2v) is 10.7. The summed E-state index contributed by atoms with van der Waals surface area (Å²) >= 11 is 1.57. The molecule has 1 aliphatic rings. The van der Waals surface area contributed by atoms with E-state index in [-0.39, 0.29) is 16.8 Å². The van der Waals surface area contributed by atoms with Gasteiger partial charge in [-0.2, -0.15) is 16.5 Å². The molecule has 2 unspecified atom stereocenters. The molecular formula is C21H34N2O5S2. The summed E-state index contributed by atoms with van der Waals surface area (Å²) in [6.45, 7) is 7.11. The Morgan fingerprint density at radius 1 is 1.10 bits per heavy atom. The number of carbonyl (C=O) groups excluding carboxylic acids is 1. The van der Waals surface area contributed by atoms with Crippen LogP contribution in [0.25, 0.3) is 0 Å². The van der Waals surface area contributed by atoms with E-state index in [0.717, 1.165) is 19.3 Å². The lowest BCUT2D eigenvalue weighted by Gasteiger charge is -2.22. The maximum atomic E-state index is 12.9. The van der Waals surface area contributed by atoms with Crippen LogP contribution in [0.2, 0.25) is 0 Å². The monoisotopic (exact) mass is 458 g/mol. The van der Waals surface area contributed by atoms with Gasteiger partial charge in [-0.25, -0.2) is 8.42 Å². The molecule has 30 heavy (non-hydrogen) atoms. The SMILES string of the molecule is CSCCC(NS(=O)(=O)c1ccc2c(c1)OCCO2)C(=O)NC(C)CCCC(C)C. The number of hydrogen-bond donors (Lipinski definition) is 2. The van der Waals surface area contributed by atoms with Crippen molar-refractivity contribution in [2.45, 2.75) is 63.4 Å². The fourth-order valence-corrected chi connectivity index (χ4v) is 4.89. The Kier molecular flexibility index (Phi) is 9.77. The van der Waals surface area contributed by atoms with Crippen LogP contribution in [-0.4, -0.2) is 51.6 Å². The summed E-state index contributed by atoms with van der Waals surface area (Å²) in [6.07, 6.45) is 5.34. The van der Waals surface area contributed by atoms with Crippen LogP contribution in [0.5, 0.6) is 11.5 Å². The van der Waals surface area contributed by atoms with Crippen LogP contribution < -0.4 is 19.5 Å². The second kappa shape index (κ2) is 11.8. The van der Waals surface area contributed by atoms with E-state index in [4.69, 9.17) is 9.47 Å². The highest BCUT2D eigenvalue weighted by Gasteiger charge is 2.27. The van der Waals surface area contributed by atoms with E-state index in [1.807, 2.05) is 13.2 Å². The minimum Gasteiger partial charge on any atom is -0.486 e. The number of sulfonamides is 1. The first kappa shape index (κ1) is 24.8. The average molecular weight is 459 g/mol. The zero-order chi connectivity index (χ0) is 22.1. The number of amides is 1. The predicted molar refractivity (Wildman–Crippen MR) is 121 cm³/mol. The second-order valence-electron chi connectivity index (χ2n) is 8.00. The summed E-state index contributed by atoms with van der Waals surface area (Å²) in [5.74, 6) is 1.92. The largest absolute Gasteiger partial charge is 0.486 e. The van der Waals surface area contributed by atoms with Gasteiger partial charge >= 0.3 is 0 Å². The van der Waals surface area contributed by atoms with Crippen LogP contribution in [-0.2, 0) is 14.8 Å². The molecule has 0 aliphatic carbocycles. The van der Waals surface area contributed by atoms with Gasteiger partial charge in [0.2, 0.25) is 15.9 Å². The standard InChI is InChI=1S/C21H34N2O5S2/c1-15(2)6-5-7-16(3)22-21(24)18(10-13-29-4)23-30(25,26)17-8-9-19-20(14-17)28-12-11-27-19/h8-9,14-16,18,23H,5-7,10-13H2,1-4H3,(H,22,24). The number of rotatable bonds is 12. The molecule has 7 nitrogen and oxygen atoms in total. The fourth-order valence-electron chi connectivity index (χ4n) is 3.17. The van der Waals surface area contributed by atoms with Crippen molar-refractivity contribution >= 4 is 27.7 Å². The van der Waals surface area contributed by atoms with E-state index < -0.39 is 16.1 Å². The lowest BCUT2D eigenvalue weighted by molar-refractivity contribution is -0.123. The third kappa shape index (κ3) is 7.67. The van der Waals surface area contributed by atoms with Crippen molar-refractivity contribution in [3.8, 4) is 11.5 Å². The van der Waals surface area contributed by atoms with Gasteiger partial charge in [-0.1, -0.05) is 26.7 Å². The summed E-state index contributed by atoms with van der Waals surface area (Å²) in [5.41, 5.74) is 0. The van der Waals surface area contributed by atoms with Crippen molar-refractivity contribution in [2.24, 2.45) is 5.92 Å². The highest BCUT2D eigenvalue weighted by molar-refractivity contribution is 7.98. The average Bonchev–Trinajstić information content (AvgIpc) is 2.70. The van der Waals surface area contributed by atoms with Crippen LogP contribution in [0.1, 0.15) is 46.5 Å². The zero-order valence-electron chi connectivity index (χ0n) is 18.3. The highest BCUT2D eigenvalue weighted by Crippen LogP contribution is 2.32. The highest BCUT2D eigenvalue weighted by atomic mass is 32.2. The molecule has 170 valence electrons. The summed E-state index contributed by atoms with van der Waals surface area (Å²) in [6, 6.07) is 3.65. The molecule has 0 spiro atoms. The van der Waals surface area contributed by atoms with Gasteiger partial charge in [0, 0.05) is 12.1 Å². The van der Waals surface area contributed by atoms with Crippen molar-refractivity contribution in [1.29, 1.82) is 0 Å². The molecule has 0 saturated heterocycles. The van der Waals surface area contributed by atoms with E-state index >= 15 is 0 Å². The van der Waals surface area contributed by atoms with Gasteiger partial charge in [0.15, 0.2) is 11.5 Å². The fraction of sp³-hybridized carbons (Fsp3) is 0.667. The van der Waals surface area contributed by atoms with Crippen LogP contribution in [0.4, 0.5) is 0 Å². The van der Waals surface area contributed by atoms with Crippen molar-refractivity contribution in [1.82, 2.24) is 10.0 Å². The Labute approximate surface area is 184 Å². The predicted octanol–water partition coefficient (Wildman–Crippen LogP) is 3.19. The maximum Gasteiger partial charge on any atom is 0.241 e. The van der Waals surface area contributed by atoms with Crippen molar-refractivity contribution in [2.75, 3.05) is 25.2 Å². The summed E-state index contributed by atoms with van der Waals surface area (Å²) < 4.78 is 39.4. The normalized spacial score (nSPS) is 15.6. The molecule has 0 radical (unpaired) electrons. The molecule has 1 aliphatic heterocycles. The summed E-state index contributed by atoms with van der Waals surface area (Å²) in [7, 11) is -3.89. The Balaban J connectivity index is 2.05. The first-order valence-corrected chi connectivity index (χ1v) is 13.3. The van der Waals surface area contributed by atoms with Crippen molar-refractivity contribution in [3.05, 3.63) is 18.2 Å². The van der Waals surface area contributed by atoms with Crippen LogP contribution in [0.3, 0.4) is 0 Å². The van der Waals surface area contributed by atoms with Crippen molar-refractivity contribution < 1.29 is 22.7 Å². The molecule has 9 heteroatoms. The van der Waals surface area contributed by atoms with Gasteiger partial charge < -0.3 is 14.8 Å². The third-order valence-corrected chi connectivity index (χ3v) is 6.97. The van der Waals surface area contributed by atoms with E-state index in [2.05, 4.69) is 23.9 Å². The number of fused-ring (bicyclic) bond motifs is 1. The Morgan fingerprint density at radius 3 is 2.47 bits per heavy atom. The molecule has 2 atom stereocenters. The zero-order valence-corrected chi connectivity index (χ0v) is 19.9. The van der Waals surface area contributed by atoms with E-state index in [1.54, 1.807) is 17.8 Å². The first-order chi connectivity index (χ1) is 14.2. The molecule has 0 fully saturated rings. The molecule has 2 rings (SSSR count). The summed E-state index contributed by atoms with van der Waals surface area (Å²) in [4.78, 5) is 12.9. The van der Waals surface area contributed by atoms with Gasteiger partial charge in [0.25, 0.3) is 0 Å². The molecule has 1 aromatic carbocycles. The molecule has 0 aromatic heterocycles. The van der Waals surface area contributed by atoms with Gasteiger partial charge in [0.05, 0.1) is 4.90 Å². The van der Waals surface area contributed by atoms with Gasteiger partial charge in [0.1, 0.15) is 19.3 Å². The molecule has 1 amide bonds. The first-order valence-electron chi connectivity index (χ1n) is 10.4. The smallest absolute Gasteiger partial charge is 0.241 e. The third-order valence-electron chi connectivity index (χ3n) is 4.86. The number of nitrogens with one attached hydrogen (secondary N) is 2. The Bertz CT molecular complexity index is 799. The Morgan fingerprint density at radius 2 is 1.80 bits per heavy atom. The van der Waals surface area contributed by atoms with Crippen LogP contribution in [0, 0.1) is 5.92 Å². The topological polar surface area (TPSA) is 93.7 Å². The molecule has 2 N–H and O–H groups in total. The minimum absolute atomic E-state index is 0.00757. The maximum absolute atomic E-state index is 12.9. The summed E-state index contributed by atoms with van der Waals surface area (Å²) in [5, 5.41) is 2.97. The lowest BCUT2D eigenvalue weighted by atomic mass is 10.0. The quantitative estimate of drug-likeness (QED) is 0.500. The van der Waals surface area contributed by atoms with E-state index in [1.165, 1.54) is 12.1 Å². The van der Waals surface area contributed by atoms with Crippen molar-refractivity contribution in [3.63, 3.8) is 0 Å². The molecule has 0 saturated carbocycles. The minimum atomic E-state index is -3.89. The van der Waals surface area contributed by atoms with Gasteiger partial charge in [-0.15, -0.1) is 0 Å². The molecule has 1 heterocycles. The van der Waals surface area contributed by atoms with E-state index in [0.29, 0.717) is 42.8 Å². The van der Waals surface area contributed by atoms with Gasteiger partial charge in [-0.05, 0) is 49.8 Å². The molecule has 0 bridgehead atoms. The lowest BCUT2D eigenvalue weighted by Crippen LogP contribution is -2.49. The number of thioether (sulfide) groups is 1. The van der Waals surface area contributed by atoms with Crippen LogP contribution >= 0.6 is 11.8 Å². The molecule has 1 aromatic rings. The molecular weight excluding hydrogens is 424 g/mol. The van der Waals surface area contributed by atoms with Crippen LogP contribution in [0.15, 0.2) is 23.1 Å².